The van der Waals surface area contributed by atoms with Crippen molar-refractivity contribution in [2.75, 3.05) is 13.7 Å². The highest BCUT2D eigenvalue weighted by Crippen LogP contribution is 2.22. The van der Waals surface area contributed by atoms with Crippen LogP contribution in [0.15, 0.2) is 42.5 Å². The number of rotatable bonds is 5. The van der Waals surface area contributed by atoms with E-state index in [2.05, 4.69) is 10.3 Å². The summed E-state index contributed by atoms with van der Waals surface area (Å²) in [6.45, 7) is 4.19. The van der Waals surface area contributed by atoms with Crippen molar-refractivity contribution in [2.45, 2.75) is 20.0 Å². The number of methoxy groups -OCH3 is 1. The first-order valence-corrected chi connectivity index (χ1v) is 8.18. The SMILES string of the molecule is COc1ccc(C(O)CNC(=O)c2ccc3[nH]c(C)c(C)c3c2)cc1. The van der Waals surface area contributed by atoms with E-state index in [1.807, 2.05) is 26.0 Å². The van der Waals surface area contributed by atoms with E-state index in [1.165, 1.54) is 0 Å². The number of aliphatic hydroxyl groups is 1. The molecule has 1 aromatic heterocycles. The van der Waals surface area contributed by atoms with Crippen molar-refractivity contribution in [1.82, 2.24) is 10.3 Å². The van der Waals surface area contributed by atoms with Crippen LogP contribution in [-0.2, 0) is 0 Å². The summed E-state index contributed by atoms with van der Waals surface area (Å²) in [4.78, 5) is 15.7. The lowest BCUT2D eigenvalue weighted by molar-refractivity contribution is 0.0916. The molecule has 0 radical (unpaired) electrons. The molecule has 0 saturated heterocycles. The molecule has 0 spiro atoms. The standard InChI is InChI=1S/C20H22N2O3/c1-12-13(2)22-18-9-6-15(10-17(12)18)20(24)21-11-19(23)14-4-7-16(25-3)8-5-14/h4-10,19,22-23H,11H2,1-3H3,(H,21,24). The fourth-order valence-electron chi connectivity index (χ4n) is 2.84. The van der Waals surface area contributed by atoms with Gasteiger partial charge in [-0.2, -0.15) is 0 Å². The molecule has 3 N–H and O–H groups in total. The molecule has 1 atom stereocenters. The Hall–Kier alpha value is -2.79. The van der Waals surface area contributed by atoms with Crippen LogP contribution < -0.4 is 10.1 Å². The number of aliphatic hydroxyl groups excluding tert-OH is 1. The Morgan fingerprint density at radius 3 is 2.60 bits per heavy atom. The number of carbonyl (C=O) groups excluding carboxylic acids is 1. The highest BCUT2D eigenvalue weighted by Gasteiger charge is 2.13. The monoisotopic (exact) mass is 338 g/mol. The molecule has 3 rings (SSSR count). The molecule has 5 heteroatoms. The van der Waals surface area contributed by atoms with Crippen LogP contribution in [0.25, 0.3) is 10.9 Å². The number of hydrogen-bond acceptors (Lipinski definition) is 3. The first-order chi connectivity index (χ1) is 12.0. The molecule has 0 saturated carbocycles. The number of nitrogens with one attached hydrogen (secondary N) is 2. The molecular formula is C20H22N2O3. The molecule has 130 valence electrons. The van der Waals surface area contributed by atoms with Gasteiger partial charge in [0.25, 0.3) is 5.91 Å². The fourth-order valence-corrected chi connectivity index (χ4v) is 2.84. The number of aromatic nitrogens is 1. The lowest BCUT2D eigenvalue weighted by Crippen LogP contribution is -2.28. The maximum atomic E-state index is 12.4. The van der Waals surface area contributed by atoms with E-state index >= 15 is 0 Å². The molecule has 2 aromatic carbocycles. The van der Waals surface area contributed by atoms with Crippen LogP contribution in [-0.4, -0.2) is 29.7 Å². The van der Waals surface area contributed by atoms with Crippen LogP contribution in [0, 0.1) is 13.8 Å². The summed E-state index contributed by atoms with van der Waals surface area (Å²) in [5.74, 6) is 0.526. The Labute approximate surface area is 146 Å². The highest BCUT2D eigenvalue weighted by molar-refractivity contribution is 5.99. The lowest BCUT2D eigenvalue weighted by atomic mass is 10.1. The Morgan fingerprint density at radius 1 is 1.20 bits per heavy atom. The molecule has 1 unspecified atom stereocenters. The van der Waals surface area contributed by atoms with Gasteiger partial charge in [0.1, 0.15) is 5.75 Å². The van der Waals surface area contributed by atoms with Gasteiger partial charge < -0.3 is 20.1 Å². The molecule has 0 aliphatic heterocycles. The van der Waals surface area contributed by atoms with Gasteiger partial charge >= 0.3 is 0 Å². The number of aromatic amines is 1. The van der Waals surface area contributed by atoms with Crippen LogP contribution in [0.1, 0.15) is 33.3 Å². The Morgan fingerprint density at radius 2 is 1.92 bits per heavy atom. The van der Waals surface area contributed by atoms with Crippen molar-refractivity contribution >= 4 is 16.8 Å². The van der Waals surface area contributed by atoms with Gasteiger partial charge in [0.15, 0.2) is 0 Å². The Bertz CT molecular complexity index is 897. The maximum absolute atomic E-state index is 12.4. The zero-order valence-electron chi connectivity index (χ0n) is 14.6. The quantitative estimate of drug-likeness (QED) is 0.668. The number of carbonyl (C=O) groups is 1. The van der Waals surface area contributed by atoms with Gasteiger partial charge in [-0.25, -0.2) is 0 Å². The number of fused-ring (bicyclic) bond motifs is 1. The zero-order valence-corrected chi connectivity index (χ0v) is 14.6. The van der Waals surface area contributed by atoms with E-state index in [-0.39, 0.29) is 12.5 Å². The molecule has 0 fully saturated rings. The van der Waals surface area contributed by atoms with Gasteiger partial charge in [-0.05, 0) is 55.3 Å². The second kappa shape index (κ2) is 6.99. The van der Waals surface area contributed by atoms with E-state index in [9.17, 15) is 9.90 Å². The normalized spacial score (nSPS) is 12.2. The Kier molecular flexibility index (Phi) is 4.76. The molecule has 3 aromatic rings. The number of benzene rings is 2. The summed E-state index contributed by atoms with van der Waals surface area (Å²) in [6.07, 6.45) is -0.769. The topological polar surface area (TPSA) is 74.3 Å². The summed E-state index contributed by atoms with van der Waals surface area (Å²) in [7, 11) is 1.59. The van der Waals surface area contributed by atoms with Gasteiger partial charge in [-0.3, -0.25) is 4.79 Å². The van der Waals surface area contributed by atoms with Crippen molar-refractivity contribution in [1.29, 1.82) is 0 Å². The molecule has 1 amide bonds. The molecular weight excluding hydrogens is 316 g/mol. The van der Waals surface area contributed by atoms with Gasteiger partial charge in [-0.1, -0.05) is 12.1 Å². The zero-order chi connectivity index (χ0) is 18.0. The molecule has 25 heavy (non-hydrogen) atoms. The number of H-pyrrole nitrogens is 1. The summed E-state index contributed by atoms with van der Waals surface area (Å²) >= 11 is 0. The van der Waals surface area contributed by atoms with Crippen LogP contribution in [0.3, 0.4) is 0 Å². The second-order valence-electron chi connectivity index (χ2n) is 6.13. The van der Waals surface area contributed by atoms with E-state index < -0.39 is 6.10 Å². The largest absolute Gasteiger partial charge is 0.497 e. The summed E-state index contributed by atoms with van der Waals surface area (Å²) in [6, 6.07) is 12.7. The molecule has 5 nitrogen and oxygen atoms in total. The summed E-state index contributed by atoms with van der Waals surface area (Å²) in [5.41, 5.74) is 4.57. The Balaban J connectivity index is 1.68. The predicted octanol–water partition coefficient (Wildman–Crippen LogP) is 3.26. The number of ether oxygens (including phenoxy) is 1. The second-order valence-corrected chi connectivity index (χ2v) is 6.13. The molecule has 0 aliphatic rings. The number of amides is 1. The van der Waals surface area contributed by atoms with E-state index in [0.29, 0.717) is 5.56 Å². The molecule has 1 heterocycles. The van der Waals surface area contributed by atoms with Crippen LogP contribution in [0.5, 0.6) is 5.75 Å². The minimum Gasteiger partial charge on any atom is -0.497 e. The fraction of sp³-hybridized carbons (Fsp3) is 0.250. The van der Waals surface area contributed by atoms with Gasteiger partial charge in [0, 0.05) is 28.7 Å². The minimum atomic E-state index is -0.769. The summed E-state index contributed by atoms with van der Waals surface area (Å²) in [5, 5.41) is 14.1. The van der Waals surface area contributed by atoms with Crippen LogP contribution >= 0.6 is 0 Å². The van der Waals surface area contributed by atoms with Gasteiger partial charge in [0.2, 0.25) is 0 Å². The van der Waals surface area contributed by atoms with Crippen molar-refractivity contribution in [3.8, 4) is 5.75 Å². The van der Waals surface area contributed by atoms with Crippen molar-refractivity contribution in [2.24, 2.45) is 0 Å². The minimum absolute atomic E-state index is 0.147. The number of aryl methyl sites for hydroxylation is 2. The molecule has 0 aliphatic carbocycles. The highest BCUT2D eigenvalue weighted by atomic mass is 16.5. The third-order valence-corrected chi connectivity index (χ3v) is 4.53. The van der Waals surface area contributed by atoms with E-state index in [4.69, 9.17) is 4.74 Å². The van der Waals surface area contributed by atoms with Crippen LogP contribution in [0.4, 0.5) is 0 Å². The lowest BCUT2D eigenvalue weighted by Gasteiger charge is -2.13. The average molecular weight is 338 g/mol. The molecule has 0 bridgehead atoms. The van der Waals surface area contributed by atoms with Crippen molar-refractivity contribution in [3.63, 3.8) is 0 Å². The number of hydrogen-bond donors (Lipinski definition) is 3. The third kappa shape index (κ3) is 3.51. The van der Waals surface area contributed by atoms with Gasteiger partial charge in [-0.15, -0.1) is 0 Å². The summed E-state index contributed by atoms with van der Waals surface area (Å²) < 4.78 is 5.10. The maximum Gasteiger partial charge on any atom is 0.251 e. The predicted molar refractivity (Wildman–Crippen MR) is 98.1 cm³/mol. The first-order valence-electron chi connectivity index (χ1n) is 8.18. The van der Waals surface area contributed by atoms with E-state index in [0.717, 1.165) is 33.5 Å². The third-order valence-electron chi connectivity index (χ3n) is 4.53. The van der Waals surface area contributed by atoms with Crippen LogP contribution in [0.2, 0.25) is 0 Å². The average Bonchev–Trinajstić information content (AvgIpc) is 2.93. The first kappa shape index (κ1) is 17.0. The van der Waals surface area contributed by atoms with Gasteiger partial charge in [0.05, 0.1) is 13.2 Å². The van der Waals surface area contributed by atoms with E-state index in [1.54, 1.807) is 37.4 Å². The van der Waals surface area contributed by atoms with Crippen molar-refractivity contribution < 1.29 is 14.6 Å². The smallest absolute Gasteiger partial charge is 0.251 e. The van der Waals surface area contributed by atoms with Crippen molar-refractivity contribution in [3.05, 3.63) is 64.8 Å².